The molecule has 0 saturated heterocycles. The van der Waals surface area contributed by atoms with Gasteiger partial charge < -0.3 is 10.3 Å². The van der Waals surface area contributed by atoms with E-state index in [1.54, 1.807) is 0 Å². The fourth-order valence-corrected chi connectivity index (χ4v) is 3.94. The van der Waals surface area contributed by atoms with Crippen LogP contribution in [0.25, 0.3) is 11.5 Å². The summed E-state index contributed by atoms with van der Waals surface area (Å²) in [6.07, 6.45) is 6.76. The van der Waals surface area contributed by atoms with E-state index in [1.165, 1.54) is 32.1 Å². The van der Waals surface area contributed by atoms with Crippen molar-refractivity contribution >= 4 is 17.4 Å². The maximum atomic E-state index is 5.77. The van der Waals surface area contributed by atoms with Crippen molar-refractivity contribution in [1.82, 2.24) is 10.1 Å². The number of aromatic nitrogens is 2. The number of hydrogen-bond donors (Lipinski definition) is 1. The second-order valence-corrected chi connectivity index (χ2v) is 6.95. The van der Waals surface area contributed by atoms with Gasteiger partial charge in [0.15, 0.2) is 5.82 Å². The van der Waals surface area contributed by atoms with E-state index in [-0.39, 0.29) is 0 Å². The highest BCUT2D eigenvalue weighted by Crippen LogP contribution is 2.30. The second-order valence-electron chi connectivity index (χ2n) is 5.66. The maximum Gasteiger partial charge on any atom is 0.258 e. The van der Waals surface area contributed by atoms with E-state index in [1.807, 2.05) is 36.9 Å². The first-order chi connectivity index (χ1) is 10.2. The lowest BCUT2D eigenvalue weighted by atomic mass is 10.0. The topological polar surface area (TPSA) is 64.9 Å². The standard InChI is InChI=1S/C16H21N3OS/c1-11-9-12(17)7-8-14(11)16-18-15(19-20-16)10-21-13-5-3-2-4-6-13/h7-9,13H,2-6,10,17H2,1H3. The minimum absolute atomic E-state index is 0.590. The van der Waals surface area contributed by atoms with Crippen LogP contribution in [-0.2, 0) is 5.75 Å². The van der Waals surface area contributed by atoms with Crippen LogP contribution in [0.15, 0.2) is 22.7 Å². The number of nitrogens with two attached hydrogens (primary N) is 1. The van der Waals surface area contributed by atoms with Gasteiger partial charge in [-0.05, 0) is 43.5 Å². The van der Waals surface area contributed by atoms with Gasteiger partial charge in [0.25, 0.3) is 5.89 Å². The summed E-state index contributed by atoms with van der Waals surface area (Å²) in [6, 6.07) is 5.73. The Morgan fingerprint density at radius 2 is 2.10 bits per heavy atom. The van der Waals surface area contributed by atoms with E-state index in [2.05, 4.69) is 10.1 Å². The Bertz CT molecular complexity index is 605. The molecular formula is C16H21N3OS. The normalized spacial score (nSPS) is 16.2. The summed E-state index contributed by atoms with van der Waals surface area (Å²) < 4.78 is 5.40. The van der Waals surface area contributed by atoms with Crippen molar-refractivity contribution in [1.29, 1.82) is 0 Å². The molecule has 1 heterocycles. The van der Waals surface area contributed by atoms with Crippen LogP contribution in [0.2, 0.25) is 0 Å². The minimum atomic E-state index is 0.590. The van der Waals surface area contributed by atoms with Crippen LogP contribution < -0.4 is 5.73 Å². The molecule has 5 heteroatoms. The van der Waals surface area contributed by atoms with Gasteiger partial charge in [-0.3, -0.25) is 0 Å². The van der Waals surface area contributed by atoms with Crippen molar-refractivity contribution in [3.63, 3.8) is 0 Å². The lowest BCUT2D eigenvalue weighted by molar-refractivity contribution is 0.425. The van der Waals surface area contributed by atoms with Crippen LogP contribution in [0.5, 0.6) is 0 Å². The van der Waals surface area contributed by atoms with E-state index in [9.17, 15) is 0 Å². The Balaban J connectivity index is 1.65. The summed E-state index contributed by atoms with van der Waals surface area (Å²) >= 11 is 1.96. The first-order valence-corrected chi connectivity index (χ1v) is 8.58. The summed E-state index contributed by atoms with van der Waals surface area (Å²) in [6.45, 7) is 2.01. The number of nitrogens with zero attached hydrogens (tertiary/aromatic N) is 2. The highest BCUT2D eigenvalue weighted by Gasteiger charge is 2.16. The average molecular weight is 303 g/mol. The molecule has 0 bridgehead atoms. The number of aryl methyl sites for hydroxylation is 1. The lowest BCUT2D eigenvalue weighted by Gasteiger charge is -2.19. The van der Waals surface area contributed by atoms with Crippen LogP contribution in [0.1, 0.15) is 43.5 Å². The Kier molecular flexibility index (Phi) is 4.48. The van der Waals surface area contributed by atoms with Gasteiger partial charge in [0, 0.05) is 16.5 Å². The average Bonchev–Trinajstić information content (AvgIpc) is 2.95. The number of hydrogen-bond acceptors (Lipinski definition) is 5. The second kappa shape index (κ2) is 6.52. The highest BCUT2D eigenvalue weighted by atomic mass is 32.2. The predicted octanol–water partition coefficient (Wildman–Crippen LogP) is 4.19. The molecule has 0 aliphatic heterocycles. The van der Waals surface area contributed by atoms with Gasteiger partial charge in [-0.1, -0.05) is 24.4 Å². The number of anilines is 1. The Labute approximate surface area is 129 Å². The molecule has 1 aliphatic rings. The van der Waals surface area contributed by atoms with Gasteiger partial charge in [0.2, 0.25) is 0 Å². The van der Waals surface area contributed by atoms with Gasteiger partial charge in [0.05, 0.1) is 5.75 Å². The number of thioether (sulfide) groups is 1. The van der Waals surface area contributed by atoms with Gasteiger partial charge in [-0.2, -0.15) is 16.7 Å². The zero-order chi connectivity index (χ0) is 14.7. The molecule has 0 unspecified atom stereocenters. The van der Waals surface area contributed by atoms with Crippen molar-refractivity contribution in [2.24, 2.45) is 0 Å². The van der Waals surface area contributed by atoms with Crippen LogP contribution in [0, 0.1) is 6.92 Å². The minimum Gasteiger partial charge on any atom is -0.399 e. The molecule has 1 saturated carbocycles. The van der Waals surface area contributed by atoms with Gasteiger partial charge >= 0.3 is 0 Å². The molecular weight excluding hydrogens is 282 g/mol. The van der Waals surface area contributed by atoms with Gasteiger partial charge in [-0.15, -0.1) is 0 Å². The van der Waals surface area contributed by atoms with Crippen molar-refractivity contribution in [3.05, 3.63) is 29.6 Å². The highest BCUT2D eigenvalue weighted by molar-refractivity contribution is 7.99. The van der Waals surface area contributed by atoms with Crippen molar-refractivity contribution in [3.8, 4) is 11.5 Å². The first kappa shape index (κ1) is 14.4. The molecule has 1 fully saturated rings. The van der Waals surface area contributed by atoms with Crippen molar-refractivity contribution in [2.45, 2.75) is 50.0 Å². The van der Waals surface area contributed by atoms with E-state index >= 15 is 0 Å². The van der Waals surface area contributed by atoms with E-state index in [4.69, 9.17) is 10.3 Å². The quantitative estimate of drug-likeness (QED) is 0.858. The lowest BCUT2D eigenvalue weighted by Crippen LogP contribution is -2.08. The van der Waals surface area contributed by atoms with Crippen LogP contribution >= 0.6 is 11.8 Å². The van der Waals surface area contributed by atoms with Crippen LogP contribution in [0.3, 0.4) is 0 Å². The fraction of sp³-hybridized carbons (Fsp3) is 0.500. The molecule has 0 amide bonds. The number of rotatable bonds is 4. The summed E-state index contributed by atoms with van der Waals surface area (Å²) in [5.74, 6) is 2.21. The Hall–Kier alpha value is -1.49. The third-order valence-electron chi connectivity index (χ3n) is 3.95. The van der Waals surface area contributed by atoms with E-state index in [0.29, 0.717) is 5.89 Å². The van der Waals surface area contributed by atoms with Gasteiger partial charge in [0.1, 0.15) is 0 Å². The third-order valence-corrected chi connectivity index (χ3v) is 5.32. The monoisotopic (exact) mass is 303 g/mol. The molecule has 1 aliphatic carbocycles. The Morgan fingerprint density at radius 3 is 2.86 bits per heavy atom. The predicted molar refractivity (Wildman–Crippen MR) is 87.1 cm³/mol. The molecule has 0 spiro atoms. The number of nitrogen functional groups attached to an aromatic ring is 1. The van der Waals surface area contributed by atoms with Crippen LogP contribution in [0.4, 0.5) is 5.69 Å². The molecule has 4 nitrogen and oxygen atoms in total. The van der Waals surface area contributed by atoms with Crippen LogP contribution in [-0.4, -0.2) is 15.4 Å². The molecule has 112 valence electrons. The third kappa shape index (κ3) is 3.59. The molecule has 21 heavy (non-hydrogen) atoms. The maximum absolute atomic E-state index is 5.77. The number of benzene rings is 1. The summed E-state index contributed by atoms with van der Waals surface area (Å²) in [4.78, 5) is 4.52. The summed E-state index contributed by atoms with van der Waals surface area (Å²) in [7, 11) is 0. The largest absolute Gasteiger partial charge is 0.399 e. The van der Waals surface area contributed by atoms with Gasteiger partial charge in [-0.25, -0.2) is 0 Å². The molecule has 2 aromatic rings. The molecule has 0 radical (unpaired) electrons. The molecule has 0 atom stereocenters. The fourth-order valence-electron chi connectivity index (χ4n) is 2.77. The summed E-state index contributed by atoms with van der Waals surface area (Å²) in [5, 5.41) is 4.87. The summed E-state index contributed by atoms with van der Waals surface area (Å²) in [5.41, 5.74) is 8.55. The van der Waals surface area contributed by atoms with Crippen molar-refractivity contribution in [2.75, 3.05) is 5.73 Å². The zero-order valence-electron chi connectivity index (χ0n) is 12.3. The zero-order valence-corrected chi connectivity index (χ0v) is 13.2. The smallest absolute Gasteiger partial charge is 0.258 e. The molecule has 2 N–H and O–H groups in total. The first-order valence-electron chi connectivity index (χ1n) is 7.53. The molecule has 1 aromatic carbocycles. The van der Waals surface area contributed by atoms with Crippen molar-refractivity contribution < 1.29 is 4.52 Å². The van der Waals surface area contributed by atoms with E-state index < -0.39 is 0 Å². The Morgan fingerprint density at radius 1 is 1.29 bits per heavy atom. The SMILES string of the molecule is Cc1cc(N)ccc1-c1nc(CSC2CCCCC2)no1. The molecule has 3 rings (SSSR count). The van der Waals surface area contributed by atoms with E-state index in [0.717, 1.165) is 33.6 Å². The molecule has 1 aromatic heterocycles.